The van der Waals surface area contributed by atoms with Crippen LogP contribution in [0.3, 0.4) is 0 Å². The van der Waals surface area contributed by atoms with Crippen LogP contribution in [0.5, 0.6) is 0 Å². The molecule has 2 aliphatic carbocycles. The lowest BCUT2D eigenvalue weighted by Crippen LogP contribution is -2.45. The standard InChI is InChI=1S/C9H8Cl6O2/c10-5-6(11)8(13)4(2-17)3(1-16)7(5,12)9(8,14)15/h3-4,16-17H,1-2H2/t3-,4+,7-,8-/m0/s1. The van der Waals surface area contributed by atoms with E-state index in [0.29, 0.717) is 0 Å². The summed E-state index contributed by atoms with van der Waals surface area (Å²) in [6.07, 6.45) is 0. The number of allylic oxidation sites excluding steroid dienone is 2. The molecule has 0 saturated heterocycles. The van der Waals surface area contributed by atoms with Gasteiger partial charge in [0.2, 0.25) is 0 Å². The summed E-state index contributed by atoms with van der Waals surface area (Å²) >= 11 is 37.3. The van der Waals surface area contributed by atoms with Crippen LogP contribution in [-0.2, 0) is 0 Å². The number of hydrogen-bond acceptors (Lipinski definition) is 2. The van der Waals surface area contributed by atoms with E-state index < -0.39 is 25.9 Å². The summed E-state index contributed by atoms with van der Waals surface area (Å²) in [5.74, 6) is -1.34. The molecular formula is C9H8Cl6O2. The van der Waals surface area contributed by atoms with Gasteiger partial charge in [-0.2, -0.15) is 0 Å². The second-order valence-corrected chi connectivity index (χ2v) is 7.48. The average Bonchev–Trinajstić information content (AvgIpc) is 2.48. The maximum absolute atomic E-state index is 9.41. The molecular weight excluding hydrogens is 353 g/mol. The van der Waals surface area contributed by atoms with E-state index in [9.17, 15) is 10.2 Å². The van der Waals surface area contributed by atoms with Crippen LogP contribution in [0.25, 0.3) is 0 Å². The van der Waals surface area contributed by atoms with Gasteiger partial charge in [-0.05, 0) is 0 Å². The Balaban J connectivity index is 2.72. The zero-order chi connectivity index (χ0) is 13.2. The van der Waals surface area contributed by atoms with Crippen LogP contribution in [0.1, 0.15) is 0 Å². The summed E-state index contributed by atoms with van der Waals surface area (Å²) in [6.45, 7) is -0.713. The van der Waals surface area contributed by atoms with Crippen molar-refractivity contribution in [2.24, 2.45) is 11.8 Å². The van der Waals surface area contributed by atoms with E-state index in [4.69, 9.17) is 69.6 Å². The lowest BCUT2D eigenvalue weighted by molar-refractivity contribution is 0.120. The van der Waals surface area contributed by atoms with Gasteiger partial charge in [0.05, 0.1) is 10.1 Å². The third-order valence-electron chi connectivity index (χ3n) is 3.65. The molecule has 2 nitrogen and oxygen atoms in total. The molecule has 0 unspecified atom stereocenters. The summed E-state index contributed by atoms with van der Waals surface area (Å²) in [4.78, 5) is -2.97. The minimum atomic E-state index is -1.70. The molecule has 2 bridgehead atoms. The highest BCUT2D eigenvalue weighted by Crippen LogP contribution is 2.75. The lowest BCUT2D eigenvalue weighted by atomic mass is 9.83. The topological polar surface area (TPSA) is 40.5 Å². The Bertz CT molecular complexity index is 363. The zero-order valence-corrected chi connectivity index (χ0v) is 12.8. The Morgan fingerprint density at radius 3 is 1.35 bits per heavy atom. The maximum Gasteiger partial charge on any atom is 0.167 e. The third-order valence-corrected chi connectivity index (χ3v) is 8.00. The molecule has 1 fully saturated rings. The predicted octanol–water partition coefficient (Wildman–Crippen LogP) is 3.05. The smallest absolute Gasteiger partial charge is 0.167 e. The number of aliphatic hydroxyl groups is 2. The molecule has 2 aliphatic rings. The molecule has 2 rings (SSSR count). The first-order valence-corrected chi connectivity index (χ1v) is 7.01. The second-order valence-electron chi connectivity index (χ2n) is 4.20. The van der Waals surface area contributed by atoms with Crippen LogP contribution in [0.2, 0.25) is 0 Å². The molecule has 0 aliphatic heterocycles. The Labute approximate surface area is 128 Å². The van der Waals surface area contributed by atoms with E-state index in [-0.39, 0.29) is 23.3 Å². The maximum atomic E-state index is 9.41. The first kappa shape index (κ1) is 14.8. The monoisotopic (exact) mass is 358 g/mol. The number of hydrogen-bond donors (Lipinski definition) is 2. The number of alkyl halides is 4. The molecule has 0 amide bonds. The lowest BCUT2D eigenvalue weighted by Gasteiger charge is -2.34. The Morgan fingerprint density at radius 1 is 0.824 bits per heavy atom. The third kappa shape index (κ3) is 1.34. The van der Waals surface area contributed by atoms with Gasteiger partial charge in [0.15, 0.2) is 4.33 Å². The van der Waals surface area contributed by atoms with Crippen LogP contribution in [0, 0.1) is 11.8 Å². The average molecular weight is 361 g/mol. The molecule has 98 valence electrons. The minimum absolute atomic E-state index is 0.0320. The highest BCUT2D eigenvalue weighted by atomic mass is 35.5. The van der Waals surface area contributed by atoms with Gasteiger partial charge < -0.3 is 10.2 Å². The SMILES string of the molecule is OC[C@@H]1[C@H](CO)[C@]2(Cl)C(Cl)=C(Cl)[C@]1(Cl)C2(Cl)Cl. The fraction of sp³-hybridized carbons (Fsp3) is 0.778. The first-order chi connectivity index (χ1) is 7.71. The van der Waals surface area contributed by atoms with Crippen LogP contribution < -0.4 is 0 Å². The van der Waals surface area contributed by atoms with Gasteiger partial charge in [-0.25, -0.2) is 0 Å². The van der Waals surface area contributed by atoms with Crippen molar-refractivity contribution in [3.63, 3.8) is 0 Å². The zero-order valence-electron chi connectivity index (χ0n) is 8.23. The molecule has 0 aromatic carbocycles. The summed E-state index contributed by atoms with van der Waals surface area (Å²) < 4.78 is -1.70. The molecule has 1 saturated carbocycles. The van der Waals surface area contributed by atoms with Gasteiger partial charge in [-0.15, -0.1) is 23.2 Å². The molecule has 0 radical (unpaired) electrons. The van der Waals surface area contributed by atoms with Crippen molar-refractivity contribution in [3.8, 4) is 0 Å². The largest absolute Gasteiger partial charge is 0.396 e. The fourth-order valence-electron chi connectivity index (χ4n) is 2.71. The molecule has 4 atom stereocenters. The van der Waals surface area contributed by atoms with Crippen molar-refractivity contribution in [2.45, 2.75) is 14.1 Å². The first-order valence-electron chi connectivity index (χ1n) is 4.74. The molecule has 0 spiro atoms. The van der Waals surface area contributed by atoms with Crippen molar-refractivity contribution in [1.29, 1.82) is 0 Å². The van der Waals surface area contributed by atoms with Crippen molar-refractivity contribution >= 4 is 69.6 Å². The van der Waals surface area contributed by atoms with Crippen molar-refractivity contribution in [1.82, 2.24) is 0 Å². The van der Waals surface area contributed by atoms with Crippen molar-refractivity contribution < 1.29 is 10.2 Å². The normalized spacial score (nSPS) is 48.0. The van der Waals surface area contributed by atoms with Gasteiger partial charge >= 0.3 is 0 Å². The molecule has 17 heavy (non-hydrogen) atoms. The van der Waals surface area contributed by atoms with E-state index >= 15 is 0 Å². The number of fused-ring (bicyclic) bond motifs is 2. The second kappa shape index (κ2) is 4.20. The molecule has 0 aromatic rings. The molecule has 0 aromatic heterocycles. The van der Waals surface area contributed by atoms with E-state index in [1.165, 1.54) is 0 Å². The van der Waals surface area contributed by atoms with Gasteiger partial charge in [-0.1, -0.05) is 46.4 Å². The minimum Gasteiger partial charge on any atom is -0.396 e. The summed E-state index contributed by atoms with van der Waals surface area (Å²) in [6, 6.07) is 0. The van der Waals surface area contributed by atoms with Gasteiger partial charge in [-0.3, -0.25) is 0 Å². The van der Waals surface area contributed by atoms with Crippen LogP contribution >= 0.6 is 69.6 Å². The summed E-state index contributed by atoms with van der Waals surface area (Å²) in [5.41, 5.74) is 0. The van der Waals surface area contributed by atoms with Crippen molar-refractivity contribution in [2.75, 3.05) is 13.2 Å². The molecule has 0 heterocycles. The van der Waals surface area contributed by atoms with Crippen molar-refractivity contribution in [3.05, 3.63) is 10.1 Å². The van der Waals surface area contributed by atoms with E-state index in [0.717, 1.165) is 0 Å². The van der Waals surface area contributed by atoms with Gasteiger partial charge in [0.1, 0.15) is 9.75 Å². The Morgan fingerprint density at radius 2 is 1.12 bits per heavy atom. The Hall–Kier alpha value is 1.40. The van der Waals surface area contributed by atoms with Gasteiger partial charge in [0.25, 0.3) is 0 Å². The molecule has 8 heteroatoms. The highest BCUT2D eigenvalue weighted by molar-refractivity contribution is 6.65. The summed E-state index contributed by atoms with van der Waals surface area (Å²) in [5, 5.41) is 18.9. The highest BCUT2D eigenvalue weighted by Gasteiger charge is 2.81. The number of halogens is 6. The number of aliphatic hydroxyl groups excluding tert-OH is 2. The van der Waals surface area contributed by atoms with E-state index in [2.05, 4.69) is 0 Å². The quantitative estimate of drug-likeness (QED) is 0.743. The van der Waals surface area contributed by atoms with Gasteiger partial charge in [0, 0.05) is 25.0 Å². The number of rotatable bonds is 2. The van der Waals surface area contributed by atoms with E-state index in [1.807, 2.05) is 0 Å². The summed E-state index contributed by atoms with van der Waals surface area (Å²) in [7, 11) is 0. The van der Waals surface area contributed by atoms with Crippen LogP contribution in [0.15, 0.2) is 10.1 Å². The van der Waals surface area contributed by atoms with E-state index in [1.54, 1.807) is 0 Å². The molecule has 2 N–H and O–H groups in total. The van der Waals surface area contributed by atoms with Crippen LogP contribution in [-0.4, -0.2) is 37.5 Å². The predicted molar refractivity (Wildman–Crippen MR) is 71.5 cm³/mol. The Kier molecular flexibility index (Phi) is 3.65. The van der Waals surface area contributed by atoms with Crippen LogP contribution in [0.4, 0.5) is 0 Å². The fourth-order valence-corrected chi connectivity index (χ4v) is 5.78.